The highest BCUT2D eigenvalue weighted by molar-refractivity contribution is 7.13. The lowest BCUT2D eigenvalue weighted by molar-refractivity contribution is -0.137. The Morgan fingerprint density at radius 2 is 1.76 bits per heavy atom. The van der Waals surface area contributed by atoms with Crippen molar-refractivity contribution in [3.8, 4) is 10.6 Å². The summed E-state index contributed by atoms with van der Waals surface area (Å²) in [5.41, 5.74) is -0.528. The van der Waals surface area contributed by atoms with Gasteiger partial charge in [-0.3, -0.25) is 10.1 Å². The molecule has 3 rings (SSSR count). The van der Waals surface area contributed by atoms with Crippen LogP contribution in [0.2, 0.25) is 5.02 Å². The molecule has 0 aliphatic carbocycles. The molecule has 3 aromatic rings. The minimum atomic E-state index is -4.53. The SMILES string of the molecule is O=C(NC(=O)c1csc(-c2ccc(C(F)(F)F)cc2Cl)n1)Nc1ccc(F)cc1. The number of benzene rings is 2. The van der Waals surface area contributed by atoms with Crippen molar-refractivity contribution >= 4 is 40.6 Å². The van der Waals surface area contributed by atoms with Gasteiger partial charge < -0.3 is 5.32 Å². The van der Waals surface area contributed by atoms with E-state index in [1.54, 1.807) is 0 Å². The monoisotopic (exact) mass is 443 g/mol. The molecule has 150 valence electrons. The Bertz CT molecular complexity index is 1070. The topological polar surface area (TPSA) is 71.1 Å². The average Bonchev–Trinajstić information content (AvgIpc) is 3.12. The van der Waals surface area contributed by atoms with Gasteiger partial charge >= 0.3 is 12.2 Å². The number of amides is 3. The lowest BCUT2D eigenvalue weighted by Gasteiger charge is -2.08. The molecule has 0 atom stereocenters. The van der Waals surface area contributed by atoms with Crippen LogP contribution in [0.3, 0.4) is 0 Å². The van der Waals surface area contributed by atoms with E-state index >= 15 is 0 Å². The molecule has 1 aromatic heterocycles. The van der Waals surface area contributed by atoms with Crippen molar-refractivity contribution in [1.82, 2.24) is 10.3 Å². The fourth-order valence-electron chi connectivity index (χ4n) is 2.23. The fourth-order valence-corrected chi connectivity index (χ4v) is 3.39. The number of anilines is 1. The number of aromatic nitrogens is 1. The van der Waals surface area contributed by atoms with E-state index in [9.17, 15) is 27.2 Å². The first-order valence-corrected chi connectivity index (χ1v) is 9.10. The highest BCUT2D eigenvalue weighted by Gasteiger charge is 2.31. The van der Waals surface area contributed by atoms with Crippen LogP contribution in [0.4, 0.5) is 28.0 Å². The minimum absolute atomic E-state index is 0.116. The van der Waals surface area contributed by atoms with Crippen LogP contribution < -0.4 is 10.6 Å². The molecule has 2 aromatic carbocycles. The number of alkyl halides is 3. The number of carbonyl (C=O) groups excluding carboxylic acids is 2. The smallest absolute Gasteiger partial charge is 0.308 e. The summed E-state index contributed by atoms with van der Waals surface area (Å²) in [5, 5.41) is 5.78. The van der Waals surface area contributed by atoms with Crippen molar-refractivity contribution in [2.24, 2.45) is 0 Å². The first-order chi connectivity index (χ1) is 13.6. The van der Waals surface area contributed by atoms with E-state index in [0.717, 1.165) is 41.7 Å². The van der Waals surface area contributed by atoms with Crippen LogP contribution in [0.1, 0.15) is 16.1 Å². The normalized spacial score (nSPS) is 11.2. The molecule has 0 radical (unpaired) electrons. The van der Waals surface area contributed by atoms with E-state index in [0.29, 0.717) is 0 Å². The largest absolute Gasteiger partial charge is 0.416 e. The molecule has 5 nitrogen and oxygen atoms in total. The Morgan fingerprint density at radius 3 is 2.38 bits per heavy atom. The van der Waals surface area contributed by atoms with E-state index in [4.69, 9.17) is 11.6 Å². The summed E-state index contributed by atoms with van der Waals surface area (Å²) in [6.07, 6.45) is -4.53. The summed E-state index contributed by atoms with van der Waals surface area (Å²) < 4.78 is 51.0. The van der Waals surface area contributed by atoms with Gasteiger partial charge in [0.15, 0.2) is 0 Å². The molecule has 0 unspecified atom stereocenters. The first kappa shape index (κ1) is 20.7. The second-order valence-corrected chi connectivity index (χ2v) is 6.91. The van der Waals surface area contributed by atoms with Crippen molar-refractivity contribution in [1.29, 1.82) is 0 Å². The zero-order valence-electron chi connectivity index (χ0n) is 14.2. The summed E-state index contributed by atoms with van der Waals surface area (Å²) in [7, 11) is 0. The average molecular weight is 444 g/mol. The first-order valence-electron chi connectivity index (χ1n) is 7.84. The molecule has 0 saturated carbocycles. The van der Waals surface area contributed by atoms with Crippen LogP contribution in [-0.2, 0) is 6.18 Å². The number of carbonyl (C=O) groups is 2. The Morgan fingerprint density at radius 1 is 1.07 bits per heavy atom. The molecular formula is C18H10ClF4N3O2S. The number of rotatable bonds is 3. The number of halogens is 5. The molecule has 0 bridgehead atoms. The van der Waals surface area contributed by atoms with Crippen molar-refractivity contribution in [2.75, 3.05) is 5.32 Å². The molecule has 11 heteroatoms. The Balaban J connectivity index is 1.70. The molecule has 29 heavy (non-hydrogen) atoms. The second-order valence-electron chi connectivity index (χ2n) is 5.65. The van der Waals surface area contributed by atoms with Gasteiger partial charge in [-0.1, -0.05) is 11.6 Å². The van der Waals surface area contributed by atoms with E-state index < -0.39 is 29.5 Å². The number of hydrogen-bond donors (Lipinski definition) is 2. The van der Waals surface area contributed by atoms with E-state index in [1.807, 2.05) is 5.32 Å². The van der Waals surface area contributed by atoms with E-state index in [-0.39, 0.29) is 27.0 Å². The van der Waals surface area contributed by atoms with Crippen molar-refractivity contribution in [2.45, 2.75) is 6.18 Å². The fraction of sp³-hybridized carbons (Fsp3) is 0.0556. The summed E-state index contributed by atoms with van der Waals surface area (Å²) in [6, 6.07) is 6.83. The molecule has 0 fully saturated rings. The zero-order valence-corrected chi connectivity index (χ0v) is 15.8. The summed E-state index contributed by atoms with van der Waals surface area (Å²) in [4.78, 5) is 28.0. The van der Waals surface area contributed by atoms with Crippen LogP contribution in [0.5, 0.6) is 0 Å². The molecule has 0 spiro atoms. The van der Waals surface area contributed by atoms with Gasteiger partial charge in [0.2, 0.25) is 0 Å². The molecular weight excluding hydrogens is 434 g/mol. The minimum Gasteiger partial charge on any atom is -0.308 e. The maximum absolute atomic E-state index is 12.9. The number of hydrogen-bond acceptors (Lipinski definition) is 4. The predicted octanol–water partition coefficient (Wildman–Crippen LogP) is 5.58. The quantitative estimate of drug-likeness (QED) is 0.519. The predicted molar refractivity (Wildman–Crippen MR) is 100 cm³/mol. The third-order valence-corrected chi connectivity index (χ3v) is 4.78. The lowest BCUT2D eigenvalue weighted by Crippen LogP contribution is -2.34. The maximum atomic E-state index is 12.9. The van der Waals surface area contributed by atoms with Gasteiger partial charge in [-0.2, -0.15) is 13.2 Å². The summed E-state index contributed by atoms with van der Waals surface area (Å²) in [6.45, 7) is 0. The zero-order chi connectivity index (χ0) is 21.2. The van der Waals surface area contributed by atoms with Gasteiger partial charge in [0.25, 0.3) is 5.91 Å². The summed E-state index contributed by atoms with van der Waals surface area (Å²) >= 11 is 6.90. The number of imide groups is 1. The summed E-state index contributed by atoms with van der Waals surface area (Å²) in [5.74, 6) is -1.31. The second kappa shape index (κ2) is 8.18. The third kappa shape index (κ3) is 5.09. The van der Waals surface area contributed by atoms with Gasteiger partial charge in [0.1, 0.15) is 16.5 Å². The van der Waals surface area contributed by atoms with Gasteiger partial charge in [-0.25, -0.2) is 14.2 Å². The molecule has 1 heterocycles. The number of thiazole rings is 1. The Kier molecular flexibility index (Phi) is 5.85. The highest BCUT2D eigenvalue weighted by Crippen LogP contribution is 2.36. The standard InChI is InChI=1S/C18H10ClF4N3O2S/c19-13-7-9(18(21,22)23)1-6-12(13)16-25-14(8-29-16)15(27)26-17(28)24-11-4-2-10(20)3-5-11/h1-8H,(H2,24,26,27,28). The van der Waals surface area contributed by atoms with Crippen LogP contribution in [0.15, 0.2) is 47.8 Å². The van der Waals surface area contributed by atoms with Gasteiger partial charge in [-0.05, 0) is 42.5 Å². The molecule has 2 N–H and O–H groups in total. The van der Waals surface area contributed by atoms with Gasteiger partial charge in [0, 0.05) is 16.6 Å². The number of nitrogens with zero attached hydrogens (tertiary/aromatic N) is 1. The molecule has 3 amide bonds. The van der Waals surface area contributed by atoms with Crippen molar-refractivity contribution in [3.05, 3.63) is 69.9 Å². The van der Waals surface area contributed by atoms with Crippen LogP contribution in [0, 0.1) is 5.82 Å². The van der Waals surface area contributed by atoms with E-state index in [1.165, 1.54) is 17.5 Å². The molecule has 0 aliphatic rings. The van der Waals surface area contributed by atoms with Crippen LogP contribution in [-0.4, -0.2) is 16.9 Å². The highest BCUT2D eigenvalue weighted by atomic mass is 35.5. The van der Waals surface area contributed by atoms with E-state index in [2.05, 4.69) is 10.3 Å². The maximum Gasteiger partial charge on any atom is 0.416 e. The Hall–Kier alpha value is -2.98. The number of urea groups is 1. The van der Waals surface area contributed by atoms with Gasteiger partial charge in [0.05, 0.1) is 10.6 Å². The molecule has 0 aliphatic heterocycles. The molecule has 0 saturated heterocycles. The van der Waals surface area contributed by atoms with Crippen molar-refractivity contribution < 1.29 is 27.2 Å². The van der Waals surface area contributed by atoms with Crippen LogP contribution in [0.25, 0.3) is 10.6 Å². The lowest BCUT2D eigenvalue weighted by atomic mass is 10.1. The van der Waals surface area contributed by atoms with Crippen molar-refractivity contribution in [3.63, 3.8) is 0 Å². The third-order valence-electron chi connectivity index (χ3n) is 3.59. The number of nitrogens with one attached hydrogen (secondary N) is 2. The van der Waals surface area contributed by atoms with Crippen LogP contribution >= 0.6 is 22.9 Å². The van der Waals surface area contributed by atoms with Gasteiger partial charge in [-0.15, -0.1) is 11.3 Å². The Labute approximate surface area is 170 Å².